The van der Waals surface area contributed by atoms with Crippen LogP contribution in [0.25, 0.3) is 0 Å². The lowest BCUT2D eigenvalue weighted by Crippen LogP contribution is -2.54. The molecule has 1 aromatic heterocycles. The second kappa shape index (κ2) is 9.90. The fourth-order valence-electron chi connectivity index (χ4n) is 6.66. The molecule has 0 radical (unpaired) electrons. The molecule has 0 aromatic carbocycles. The van der Waals surface area contributed by atoms with Crippen molar-refractivity contribution < 1.29 is 14.3 Å². The number of hydrogen-bond donors (Lipinski definition) is 1. The van der Waals surface area contributed by atoms with Gasteiger partial charge in [-0.3, -0.25) is 9.59 Å². The van der Waals surface area contributed by atoms with Crippen molar-refractivity contribution in [1.82, 2.24) is 15.1 Å². The summed E-state index contributed by atoms with van der Waals surface area (Å²) in [5.74, 6) is 1.07. The SMILES string of the molecule is CCc1cc2c(s1)CCO[C@@]21CCN(CC2CC(NC(=O)C3CCN(C(C)=O)CC3)C2)[C@@H](C)C1. The largest absolute Gasteiger partial charge is 0.370 e. The molecule has 2 saturated heterocycles. The minimum absolute atomic E-state index is 0.0679. The Balaban J connectivity index is 1.07. The van der Waals surface area contributed by atoms with Crippen molar-refractivity contribution in [1.29, 1.82) is 0 Å². The van der Waals surface area contributed by atoms with Gasteiger partial charge < -0.3 is 19.9 Å². The van der Waals surface area contributed by atoms with Crippen LogP contribution in [0.5, 0.6) is 0 Å². The summed E-state index contributed by atoms with van der Waals surface area (Å²) in [4.78, 5) is 31.8. The third-order valence-corrected chi connectivity index (χ3v) is 10.2. The molecule has 4 aliphatic rings. The van der Waals surface area contributed by atoms with Crippen molar-refractivity contribution in [3.8, 4) is 0 Å². The predicted molar refractivity (Wildman–Crippen MR) is 135 cm³/mol. The number of piperidine rings is 2. The van der Waals surface area contributed by atoms with E-state index in [1.165, 1.54) is 10.4 Å². The first-order valence-corrected chi connectivity index (χ1v) is 14.2. The minimum Gasteiger partial charge on any atom is -0.370 e. The summed E-state index contributed by atoms with van der Waals surface area (Å²) in [7, 11) is 0. The first-order chi connectivity index (χ1) is 16.4. The summed E-state index contributed by atoms with van der Waals surface area (Å²) >= 11 is 2.00. The Kier molecular flexibility index (Phi) is 7.07. The van der Waals surface area contributed by atoms with Gasteiger partial charge in [0.1, 0.15) is 0 Å². The number of carbonyl (C=O) groups is 2. The van der Waals surface area contributed by atoms with Crippen LogP contribution in [0.15, 0.2) is 6.07 Å². The second-order valence-corrected chi connectivity index (χ2v) is 12.3. The number of amides is 2. The zero-order valence-corrected chi connectivity index (χ0v) is 21.9. The Hall–Kier alpha value is -1.44. The zero-order valence-electron chi connectivity index (χ0n) is 21.1. The minimum atomic E-state index is -0.0679. The molecule has 1 spiro atoms. The molecule has 2 atom stereocenters. The van der Waals surface area contributed by atoms with Crippen LogP contribution >= 0.6 is 11.3 Å². The van der Waals surface area contributed by atoms with E-state index in [0.29, 0.717) is 31.1 Å². The average Bonchev–Trinajstić information content (AvgIpc) is 3.24. The van der Waals surface area contributed by atoms with Crippen LogP contribution < -0.4 is 5.32 Å². The standard InChI is InChI=1S/C27H41N3O3S/c1-4-23-15-24-25(34-23)7-12-33-27(24)8-11-30(18(2)16-27)17-20-13-22(14-20)28-26(32)21-5-9-29(10-6-21)19(3)31/h15,18,20-22H,4-14,16-17H2,1-3H3,(H,28,32)/t18-,20?,22?,27+/m0/s1. The van der Waals surface area contributed by atoms with Crippen molar-refractivity contribution in [3.63, 3.8) is 0 Å². The highest BCUT2D eigenvalue weighted by Gasteiger charge is 2.45. The van der Waals surface area contributed by atoms with Gasteiger partial charge in [0.05, 0.1) is 12.2 Å². The van der Waals surface area contributed by atoms with Crippen LogP contribution in [0.2, 0.25) is 0 Å². The van der Waals surface area contributed by atoms with Gasteiger partial charge in [-0.2, -0.15) is 0 Å². The molecule has 1 aliphatic carbocycles. The van der Waals surface area contributed by atoms with Gasteiger partial charge in [0.2, 0.25) is 11.8 Å². The number of nitrogens with one attached hydrogen (secondary N) is 1. The fourth-order valence-corrected chi connectivity index (χ4v) is 7.83. The van der Waals surface area contributed by atoms with E-state index in [2.05, 4.69) is 30.1 Å². The van der Waals surface area contributed by atoms with E-state index in [0.717, 1.165) is 71.1 Å². The van der Waals surface area contributed by atoms with Gasteiger partial charge in [-0.25, -0.2) is 0 Å². The molecule has 2 amide bonds. The molecule has 1 N–H and O–H groups in total. The van der Waals surface area contributed by atoms with E-state index in [-0.39, 0.29) is 23.3 Å². The molecule has 7 heteroatoms. The van der Waals surface area contributed by atoms with Crippen LogP contribution in [-0.4, -0.2) is 66.5 Å². The van der Waals surface area contributed by atoms with Crippen LogP contribution in [0.3, 0.4) is 0 Å². The van der Waals surface area contributed by atoms with Crippen molar-refractivity contribution in [3.05, 3.63) is 21.4 Å². The topological polar surface area (TPSA) is 61.9 Å². The molecule has 34 heavy (non-hydrogen) atoms. The Morgan fingerprint density at radius 1 is 1.24 bits per heavy atom. The predicted octanol–water partition coefficient (Wildman–Crippen LogP) is 3.72. The van der Waals surface area contributed by atoms with Gasteiger partial charge in [-0.1, -0.05) is 6.92 Å². The van der Waals surface area contributed by atoms with E-state index >= 15 is 0 Å². The van der Waals surface area contributed by atoms with Gasteiger partial charge in [-0.15, -0.1) is 11.3 Å². The molecule has 4 heterocycles. The molecule has 1 aromatic rings. The third kappa shape index (κ3) is 4.80. The van der Waals surface area contributed by atoms with Crippen molar-refractivity contribution >= 4 is 23.2 Å². The lowest BCUT2D eigenvalue weighted by molar-refractivity contribution is -0.134. The summed E-state index contributed by atoms with van der Waals surface area (Å²) in [6.45, 7) is 10.8. The maximum Gasteiger partial charge on any atom is 0.223 e. The van der Waals surface area contributed by atoms with Gasteiger partial charge in [0, 0.05) is 67.3 Å². The number of hydrogen-bond acceptors (Lipinski definition) is 5. The first kappa shape index (κ1) is 24.3. The van der Waals surface area contributed by atoms with Crippen molar-refractivity contribution in [2.45, 2.75) is 89.8 Å². The molecule has 0 bridgehead atoms. The van der Waals surface area contributed by atoms with E-state index in [9.17, 15) is 9.59 Å². The summed E-state index contributed by atoms with van der Waals surface area (Å²) in [6.07, 6.45) is 8.15. The summed E-state index contributed by atoms with van der Waals surface area (Å²) in [5.41, 5.74) is 1.43. The summed E-state index contributed by atoms with van der Waals surface area (Å²) < 4.78 is 6.50. The fraction of sp³-hybridized carbons (Fsp3) is 0.778. The van der Waals surface area contributed by atoms with E-state index in [1.807, 2.05) is 16.2 Å². The maximum atomic E-state index is 12.7. The molecule has 1 saturated carbocycles. The average molecular weight is 488 g/mol. The zero-order chi connectivity index (χ0) is 23.9. The van der Waals surface area contributed by atoms with Gasteiger partial charge >= 0.3 is 0 Å². The Bertz CT molecular complexity index is 903. The van der Waals surface area contributed by atoms with Crippen LogP contribution in [0.1, 0.15) is 74.6 Å². The molecule has 188 valence electrons. The van der Waals surface area contributed by atoms with Crippen LogP contribution in [0.4, 0.5) is 0 Å². The van der Waals surface area contributed by atoms with Crippen molar-refractivity contribution in [2.75, 3.05) is 32.8 Å². The Morgan fingerprint density at radius 2 is 2.00 bits per heavy atom. The highest BCUT2D eigenvalue weighted by atomic mass is 32.1. The molecule has 6 nitrogen and oxygen atoms in total. The van der Waals surface area contributed by atoms with Crippen LogP contribution in [-0.2, 0) is 32.8 Å². The van der Waals surface area contributed by atoms with Crippen molar-refractivity contribution in [2.24, 2.45) is 11.8 Å². The monoisotopic (exact) mass is 487 g/mol. The van der Waals surface area contributed by atoms with E-state index in [4.69, 9.17) is 4.74 Å². The Morgan fingerprint density at radius 3 is 2.68 bits per heavy atom. The number of likely N-dealkylation sites (tertiary alicyclic amines) is 2. The highest BCUT2D eigenvalue weighted by molar-refractivity contribution is 7.12. The van der Waals surface area contributed by atoms with E-state index < -0.39 is 0 Å². The molecule has 0 unspecified atom stereocenters. The highest BCUT2D eigenvalue weighted by Crippen LogP contribution is 2.46. The number of fused-ring (bicyclic) bond motifs is 2. The smallest absolute Gasteiger partial charge is 0.223 e. The number of carbonyl (C=O) groups excluding carboxylic acids is 2. The van der Waals surface area contributed by atoms with Gasteiger partial charge in [0.15, 0.2) is 0 Å². The Labute approximate surface area is 208 Å². The molecule has 3 aliphatic heterocycles. The summed E-state index contributed by atoms with van der Waals surface area (Å²) in [5, 5.41) is 3.29. The number of ether oxygens (including phenoxy) is 1. The third-order valence-electron chi connectivity index (χ3n) is 8.84. The van der Waals surface area contributed by atoms with Gasteiger partial charge in [-0.05, 0) is 69.4 Å². The van der Waals surface area contributed by atoms with Gasteiger partial charge in [0.25, 0.3) is 0 Å². The van der Waals surface area contributed by atoms with E-state index in [1.54, 1.807) is 11.8 Å². The molecule has 5 rings (SSSR count). The number of nitrogens with zero attached hydrogens (tertiary/aromatic N) is 2. The number of aryl methyl sites for hydroxylation is 1. The normalized spacial score (nSPS) is 32.3. The number of thiophene rings is 1. The van der Waals surface area contributed by atoms with Crippen LogP contribution in [0, 0.1) is 11.8 Å². The quantitative estimate of drug-likeness (QED) is 0.688. The second-order valence-electron chi connectivity index (χ2n) is 11.1. The lowest BCUT2D eigenvalue weighted by Gasteiger charge is -2.49. The lowest BCUT2D eigenvalue weighted by atomic mass is 9.76. The summed E-state index contributed by atoms with van der Waals surface area (Å²) in [6, 6.07) is 3.28. The molecule has 3 fully saturated rings. The number of rotatable bonds is 5. The maximum absolute atomic E-state index is 12.7. The molecular formula is C27H41N3O3S. The molecular weight excluding hydrogens is 446 g/mol. The first-order valence-electron chi connectivity index (χ1n) is 13.4.